The molecule has 6 heteroatoms. The van der Waals surface area contributed by atoms with Gasteiger partial charge in [-0.2, -0.15) is 0 Å². The molecule has 1 fully saturated rings. The van der Waals surface area contributed by atoms with E-state index < -0.39 is 0 Å². The molecule has 1 N–H and O–H groups in total. The maximum atomic E-state index is 5.42. The minimum absolute atomic E-state index is 0.622. The van der Waals surface area contributed by atoms with Crippen LogP contribution in [0.2, 0.25) is 0 Å². The Morgan fingerprint density at radius 1 is 1.40 bits per heavy atom. The van der Waals surface area contributed by atoms with Gasteiger partial charge in [0.1, 0.15) is 5.76 Å². The average molecular weight is 292 g/mol. The van der Waals surface area contributed by atoms with Crippen molar-refractivity contribution in [2.45, 2.75) is 26.8 Å². The Bertz CT molecular complexity index is 605. The van der Waals surface area contributed by atoms with Gasteiger partial charge in [0.2, 0.25) is 5.95 Å². The van der Waals surface area contributed by atoms with Gasteiger partial charge in [0.25, 0.3) is 0 Å². The standard InChI is InChI=1S/C14H20N4OS/c1-10-6-11(2)8-17(7-10)13-15-16-14(20)18(13)9-12-4-3-5-19-12/h3-5,10-11H,6-9H2,1-2H3,(H,16,20)/t10-,11+. The quantitative estimate of drug-likeness (QED) is 0.883. The second kappa shape index (κ2) is 5.44. The topological polar surface area (TPSA) is 50.0 Å². The Morgan fingerprint density at radius 3 is 2.80 bits per heavy atom. The highest BCUT2D eigenvalue weighted by molar-refractivity contribution is 7.71. The van der Waals surface area contributed by atoms with E-state index in [1.807, 2.05) is 16.7 Å². The van der Waals surface area contributed by atoms with E-state index in [4.69, 9.17) is 16.6 Å². The number of H-pyrrole nitrogens is 1. The van der Waals surface area contributed by atoms with Gasteiger partial charge in [0.05, 0.1) is 12.8 Å². The second-order valence-corrected chi connectivity index (χ2v) is 6.23. The molecule has 0 aromatic carbocycles. The van der Waals surface area contributed by atoms with E-state index in [0.717, 1.165) is 24.8 Å². The SMILES string of the molecule is C[C@@H]1C[C@H](C)CN(c2n[nH]c(=S)n2Cc2ccco2)C1. The summed E-state index contributed by atoms with van der Waals surface area (Å²) in [6, 6.07) is 3.85. The summed E-state index contributed by atoms with van der Waals surface area (Å²) >= 11 is 5.35. The summed E-state index contributed by atoms with van der Waals surface area (Å²) in [5.74, 6) is 3.17. The fraction of sp³-hybridized carbons (Fsp3) is 0.571. The zero-order chi connectivity index (χ0) is 14.1. The van der Waals surface area contributed by atoms with E-state index in [-0.39, 0.29) is 0 Å². The summed E-state index contributed by atoms with van der Waals surface area (Å²) < 4.78 is 8.07. The molecule has 1 aliphatic rings. The Labute approximate surface area is 123 Å². The van der Waals surface area contributed by atoms with Crippen molar-refractivity contribution in [1.29, 1.82) is 0 Å². The molecule has 3 rings (SSSR count). The van der Waals surface area contributed by atoms with Crippen LogP contribution in [-0.2, 0) is 6.54 Å². The Hall–Kier alpha value is -1.56. The van der Waals surface area contributed by atoms with Gasteiger partial charge in [0, 0.05) is 13.1 Å². The third-order valence-electron chi connectivity index (χ3n) is 3.78. The van der Waals surface area contributed by atoms with Crippen LogP contribution in [0.3, 0.4) is 0 Å². The molecule has 0 spiro atoms. The first kappa shape index (κ1) is 13.4. The van der Waals surface area contributed by atoms with E-state index in [9.17, 15) is 0 Å². The summed E-state index contributed by atoms with van der Waals surface area (Å²) in [5.41, 5.74) is 0. The molecule has 0 bridgehead atoms. The van der Waals surface area contributed by atoms with Gasteiger partial charge >= 0.3 is 0 Å². The number of aromatic amines is 1. The van der Waals surface area contributed by atoms with E-state index in [1.54, 1.807) is 6.26 Å². The summed E-state index contributed by atoms with van der Waals surface area (Å²) in [5, 5.41) is 7.33. The molecule has 2 atom stereocenters. The van der Waals surface area contributed by atoms with Crippen molar-refractivity contribution in [3.8, 4) is 0 Å². The first-order valence-electron chi connectivity index (χ1n) is 7.06. The van der Waals surface area contributed by atoms with Crippen molar-refractivity contribution in [3.63, 3.8) is 0 Å². The summed E-state index contributed by atoms with van der Waals surface area (Å²) in [6.45, 7) is 7.27. The molecule has 0 aliphatic carbocycles. The smallest absolute Gasteiger partial charge is 0.226 e. The number of hydrogen-bond donors (Lipinski definition) is 1. The summed E-state index contributed by atoms with van der Waals surface area (Å²) in [7, 11) is 0. The number of piperidine rings is 1. The molecule has 5 nitrogen and oxygen atoms in total. The molecule has 108 valence electrons. The van der Waals surface area contributed by atoms with Gasteiger partial charge in [-0.15, -0.1) is 5.10 Å². The number of nitrogens with zero attached hydrogens (tertiary/aromatic N) is 3. The van der Waals surface area contributed by atoms with Crippen molar-refractivity contribution in [3.05, 3.63) is 28.9 Å². The van der Waals surface area contributed by atoms with Crippen molar-refractivity contribution in [2.75, 3.05) is 18.0 Å². The van der Waals surface area contributed by atoms with Crippen molar-refractivity contribution >= 4 is 18.2 Å². The molecule has 2 aromatic rings. The highest BCUT2D eigenvalue weighted by Gasteiger charge is 2.25. The third-order valence-corrected chi connectivity index (χ3v) is 4.10. The zero-order valence-corrected chi connectivity index (χ0v) is 12.7. The van der Waals surface area contributed by atoms with Crippen LogP contribution in [0.4, 0.5) is 5.95 Å². The Balaban J connectivity index is 1.88. The van der Waals surface area contributed by atoms with Gasteiger partial charge in [-0.05, 0) is 42.6 Å². The van der Waals surface area contributed by atoms with Crippen LogP contribution in [0, 0.1) is 16.6 Å². The minimum atomic E-state index is 0.622. The number of rotatable bonds is 3. The van der Waals surface area contributed by atoms with Crippen molar-refractivity contribution in [2.24, 2.45) is 11.8 Å². The summed E-state index contributed by atoms with van der Waals surface area (Å²) in [6.07, 6.45) is 2.96. The number of hydrogen-bond acceptors (Lipinski definition) is 4. The lowest BCUT2D eigenvalue weighted by Gasteiger charge is -2.35. The second-order valence-electron chi connectivity index (χ2n) is 5.85. The molecular formula is C14H20N4OS. The van der Waals surface area contributed by atoms with Gasteiger partial charge in [-0.3, -0.25) is 4.57 Å². The van der Waals surface area contributed by atoms with Crippen LogP contribution in [0.5, 0.6) is 0 Å². The maximum Gasteiger partial charge on any atom is 0.226 e. The molecule has 2 aromatic heterocycles. The predicted octanol–water partition coefficient (Wildman–Crippen LogP) is 3.06. The molecule has 0 unspecified atom stereocenters. The molecule has 0 amide bonds. The van der Waals surface area contributed by atoms with Gasteiger partial charge in [-0.25, -0.2) is 5.10 Å². The largest absolute Gasteiger partial charge is 0.467 e. The fourth-order valence-electron chi connectivity index (χ4n) is 3.08. The fourth-order valence-corrected chi connectivity index (χ4v) is 3.27. The highest BCUT2D eigenvalue weighted by atomic mass is 32.1. The molecular weight excluding hydrogens is 272 g/mol. The van der Waals surface area contributed by atoms with Gasteiger partial charge < -0.3 is 9.32 Å². The first-order chi connectivity index (χ1) is 9.63. The lowest BCUT2D eigenvalue weighted by Crippen LogP contribution is -2.40. The highest BCUT2D eigenvalue weighted by Crippen LogP contribution is 2.25. The van der Waals surface area contributed by atoms with Crippen molar-refractivity contribution < 1.29 is 4.42 Å². The lowest BCUT2D eigenvalue weighted by molar-refractivity contribution is 0.351. The van der Waals surface area contributed by atoms with Crippen molar-refractivity contribution in [1.82, 2.24) is 14.8 Å². The van der Waals surface area contributed by atoms with E-state index in [2.05, 4.69) is 28.9 Å². The zero-order valence-electron chi connectivity index (χ0n) is 11.9. The van der Waals surface area contributed by atoms with E-state index >= 15 is 0 Å². The summed E-state index contributed by atoms with van der Waals surface area (Å²) in [4.78, 5) is 2.33. The normalized spacial score (nSPS) is 23.2. The van der Waals surface area contributed by atoms with Gasteiger partial charge in [-0.1, -0.05) is 13.8 Å². The molecule has 0 saturated carbocycles. The number of aromatic nitrogens is 3. The van der Waals surface area contributed by atoms with Crippen LogP contribution in [0.25, 0.3) is 0 Å². The molecule has 0 radical (unpaired) electrons. The number of anilines is 1. The van der Waals surface area contributed by atoms with E-state index in [0.29, 0.717) is 23.2 Å². The average Bonchev–Trinajstić information content (AvgIpc) is 3.00. The lowest BCUT2D eigenvalue weighted by atomic mass is 9.92. The third kappa shape index (κ3) is 2.65. The minimum Gasteiger partial charge on any atom is -0.467 e. The first-order valence-corrected chi connectivity index (χ1v) is 7.47. The van der Waals surface area contributed by atoms with Crippen LogP contribution in [-0.4, -0.2) is 27.9 Å². The van der Waals surface area contributed by atoms with E-state index in [1.165, 1.54) is 6.42 Å². The molecule has 20 heavy (non-hydrogen) atoms. The van der Waals surface area contributed by atoms with Crippen LogP contribution >= 0.6 is 12.2 Å². The Kier molecular flexibility index (Phi) is 3.65. The molecule has 3 heterocycles. The monoisotopic (exact) mass is 292 g/mol. The molecule has 1 aliphatic heterocycles. The maximum absolute atomic E-state index is 5.42. The number of furan rings is 1. The van der Waals surface area contributed by atoms with Crippen LogP contribution in [0.15, 0.2) is 22.8 Å². The van der Waals surface area contributed by atoms with Crippen LogP contribution in [0.1, 0.15) is 26.0 Å². The Morgan fingerprint density at radius 2 is 2.15 bits per heavy atom. The van der Waals surface area contributed by atoms with Gasteiger partial charge in [0.15, 0.2) is 4.77 Å². The molecule has 1 saturated heterocycles. The predicted molar refractivity (Wildman–Crippen MR) is 80.4 cm³/mol. The van der Waals surface area contributed by atoms with Crippen LogP contribution < -0.4 is 4.90 Å². The number of nitrogens with one attached hydrogen (secondary N) is 1.